The van der Waals surface area contributed by atoms with Crippen LogP contribution in [-0.2, 0) is 32.3 Å². The molecule has 0 saturated carbocycles. The Bertz CT molecular complexity index is 2530. The third kappa shape index (κ3) is 6.26. The first-order valence-corrected chi connectivity index (χ1v) is 16.9. The Balaban J connectivity index is 0.00000400. The van der Waals surface area contributed by atoms with Gasteiger partial charge in [-0.2, -0.15) is 0 Å². The van der Waals surface area contributed by atoms with Crippen molar-refractivity contribution >= 4 is 35.3 Å². The van der Waals surface area contributed by atoms with Gasteiger partial charge in [-0.25, -0.2) is 9.97 Å². The Morgan fingerprint density at radius 3 is 1.06 bits per heavy atom. The second kappa shape index (κ2) is 13.6. The summed E-state index contributed by atoms with van der Waals surface area (Å²) in [5, 5.41) is 42.3. The van der Waals surface area contributed by atoms with Crippen molar-refractivity contribution in [2.75, 3.05) is 0 Å². The van der Waals surface area contributed by atoms with Crippen LogP contribution in [0.1, 0.15) is 34.2 Å². The monoisotopic (exact) mass is 742 g/mol. The van der Waals surface area contributed by atoms with E-state index in [4.69, 9.17) is 19.9 Å². The number of hydrogen-bond acceptors (Lipinski definition) is 6. The molecule has 4 N–H and O–H groups in total. The van der Waals surface area contributed by atoms with Gasteiger partial charge in [0.25, 0.3) is 0 Å². The molecule has 0 aliphatic carbocycles. The molecule has 8 nitrogen and oxygen atoms in total. The van der Waals surface area contributed by atoms with Gasteiger partial charge in [0.15, 0.2) is 0 Å². The van der Waals surface area contributed by atoms with E-state index in [0.29, 0.717) is 46.7 Å². The number of aryl methyl sites for hydroxylation is 2. The topological polar surface area (TPSA) is 135 Å². The van der Waals surface area contributed by atoms with E-state index < -0.39 is 0 Å². The third-order valence-electron chi connectivity index (χ3n) is 9.44. The van der Waals surface area contributed by atoms with Crippen molar-refractivity contribution in [3.05, 3.63) is 143 Å². The van der Waals surface area contributed by atoms with Crippen molar-refractivity contribution in [2.24, 2.45) is 0 Å². The summed E-state index contributed by atoms with van der Waals surface area (Å²) in [5.41, 5.74) is 11.6. The van der Waals surface area contributed by atoms with Crippen LogP contribution in [0.15, 0.2) is 109 Å². The third-order valence-corrected chi connectivity index (χ3v) is 9.44. The van der Waals surface area contributed by atoms with Crippen LogP contribution in [0.2, 0.25) is 0 Å². The zero-order valence-electron chi connectivity index (χ0n) is 28.4. The van der Waals surface area contributed by atoms with Gasteiger partial charge in [0, 0.05) is 0 Å². The molecule has 3 aliphatic rings. The number of aromatic nitrogens is 4. The number of nitrogens with zero attached hydrogens (tertiary/aromatic N) is 4. The van der Waals surface area contributed by atoms with Crippen LogP contribution in [0.5, 0.6) is 23.0 Å². The maximum Gasteiger partial charge on any atom is 2.00 e. The predicted octanol–water partition coefficient (Wildman–Crippen LogP) is 8.91. The van der Waals surface area contributed by atoms with E-state index in [1.165, 1.54) is 0 Å². The van der Waals surface area contributed by atoms with E-state index in [0.717, 1.165) is 55.9 Å². The summed E-state index contributed by atoms with van der Waals surface area (Å²) in [5.74, 6) is 0.494. The van der Waals surface area contributed by atoms with E-state index >= 15 is 0 Å². The van der Waals surface area contributed by atoms with Crippen molar-refractivity contribution < 1.29 is 39.9 Å². The van der Waals surface area contributed by atoms with Crippen molar-refractivity contribution in [1.29, 1.82) is 0 Å². The molecule has 9 heteroatoms. The standard InChI is InChI=1S/C44H30N4O4.Zn/c49-29-9-1-5-25(21-29)41-33-13-15-35(45-33)42(26-6-2-10-30(50)22-26)37-17-19-39(47-37)44(28-8-4-12-32(52)24-28)40-20-18-38(48-40)43(36-16-14-34(41)46-36)27-7-3-11-31(51)23-27;/h1-17,19,21-24H,18,20H2,(H4-2,45,46,47,48,49,50,51,52);/q-2;+2. The molecule has 5 heterocycles. The SMILES string of the molecule is Oc1cccc(-c2c3nc(c(-c4cccc(O)c4)c4ccc([n-]4)c(-c4cccc(O)c4)c4nc(c(-c5cccc(O)c5)c5[n-]c2CC5)C=C4)C=C3)c1.[Zn+2]. The maximum absolute atomic E-state index is 10.6. The molecule has 0 saturated heterocycles. The first kappa shape index (κ1) is 33.7. The zero-order valence-corrected chi connectivity index (χ0v) is 31.4. The summed E-state index contributed by atoms with van der Waals surface area (Å²) >= 11 is 0. The van der Waals surface area contributed by atoms with Crippen molar-refractivity contribution in [3.8, 4) is 67.5 Å². The first-order chi connectivity index (χ1) is 25.4. The van der Waals surface area contributed by atoms with Gasteiger partial charge < -0.3 is 30.4 Å². The molecule has 8 bridgehead atoms. The van der Waals surface area contributed by atoms with E-state index in [-0.39, 0.29) is 42.5 Å². The second-order valence-electron chi connectivity index (χ2n) is 12.9. The van der Waals surface area contributed by atoms with Gasteiger partial charge in [-0.15, -0.1) is 22.4 Å². The van der Waals surface area contributed by atoms with Crippen molar-refractivity contribution in [2.45, 2.75) is 12.8 Å². The number of rotatable bonds is 4. The fraction of sp³-hybridized carbons (Fsp3) is 0.0455. The Morgan fingerprint density at radius 2 is 0.717 bits per heavy atom. The number of benzene rings is 4. The van der Waals surface area contributed by atoms with E-state index in [1.54, 1.807) is 72.8 Å². The molecule has 53 heavy (non-hydrogen) atoms. The quantitative estimate of drug-likeness (QED) is 0.131. The Morgan fingerprint density at radius 1 is 0.396 bits per heavy atom. The van der Waals surface area contributed by atoms with Gasteiger partial charge in [-0.3, -0.25) is 0 Å². The summed E-state index contributed by atoms with van der Waals surface area (Å²) in [4.78, 5) is 20.8. The number of phenols is 4. The summed E-state index contributed by atoms with van der Waals surface area (Å²) in [6.45, 7) is 0. The zero-order chi connectivity index (χ0) is 35.3. The Hall–Kier alpha value is -6.44. The van der Waals surface area contributed by atoms with Crippen LogP contribution < -0.4 is 9.97 Å². The normalized spacial score (nSPS) is 12.4. The molecule has 2 aromatic heterocycles. The van der Waals surface area contributed by atoms with E-state index in [9.17, 15) is 20.4 Å². The number of hydrogen-bond donors (Lipinski definition) is 4. The Labute approximate surface area is 317 Å². The van der Waals surface area contributed by atoms with E-state index in [2.05, 4.69) is 0 Å². The van der Waals surface area contributed by atoms with Gasteiger partial charge in [0.05, 0.1) is 22.8 Å². The molecule has 252 valence electrons. The van der Waals surface area contributed by atoms with Gasteiger partial charge in [-0.1, -0.05) is 60.7 Å². The molecule has 0 radical (unpaired) electrons. The summed E-state index contributed by atoms with van der Waals surface area (Å²) in [6.07, 6.45) is 9.01. The molecule has 0 unspecified atom stereocenters. The van der Waals surface area contributed by atoms with Crippen molar-refractivity contribution in [3.63, 3.8) is 0 Å². The smallest absolute Gasteiger partial charge is 0.664 e. The molecule has 6 aromatic rings. The van der Waals surface area contributed by atoms with Crippen LogP contribution in [-0.4, -0.2) is 30.4 Å². The van der Waals surface area contributed by atoms with E-state index in [1.807, 2.05) is 60.7 Å². The van der Waals surface area contributed by atoms with Crippen LogP contribution in [0, 0.1) is 0 Å². The minimum Gasteiger partial charge on any atom is -0.664 e. The molecular weight excluding hydrogens is 714 g/mol. The second-order valence-corrected chi connectivity index (χ2v) is 12.9. The molecule has 0 spiro atoms. The van der Waals surface area contributed by atoms with Gasteiger partial charge in [-0.05, 0) is 130 Å². The van der Waals surface area contributed by atoms with Gasteiger partial charge >= 0.3 is 19.5 Å². The minimum absolute atomic E-state index is 0. The molecule has 0 atom stereocenters. The number of aromatic hydroxyl groups is 4. The molecule has 0 fully saturated rings. The van der Waals surface area contributed by atoms with Gasteiger partial charge in [0.2, 0.25) is 0 Å². The fourth-order valence-corrected chi connectivity index (χ4v) is 7.22. The molecule has 0 amide bonds. The molecule has 4 aromatic carbocycles. The first-order valence-electron chi connectivity index (χ1n) is 16.9. The number of phenolic OH excluding ortho intramolecular Hbond substituents is 4. The average Bonchev–Trinajstić information content (AvgIpc) is 3.96. The molecular formula is C44H30N4O4Zn. The van der Waals surface area contributed by atoms with Crippen LogP contribution >= 0.6 is 0 Å². The maximum atomic E-state index is 10.6. The predicted molar refractivity (Wildman–Crippen MR) is 204 cm³/mol. The average molecular weight is 744 g/mol. The summed E-state index contributed by atoms with van der Waals surface area (Å²) in [7, 11) is 0. The van der Waals surface area contributed by atoms with Crippen LogP contribution in [0.25, 0.3) is 79.8 Å². The largest absolute Gasteiger partial charge is 2.00 e. The van der Waals surface area contributed by atoms with Crippen LogP contribution in [0.4, 0.5) is 0 Å². The Kier molecular flexibility index (Phi) is 8.65. The minimum atomic E-state index is 0. The summed E-state index contributed by atoms with van der Waals surface area (Å²) in [6, 6.07) is 32.1. The van der Waals surface area contributed by atoms with Gasteiger partial charge in [0.1, 0.15) is 23.0 Å². The molecule has 9 rings (SSSR count). The molecule has 3 aliphatic heterocycles. The van der Waals surface area contributed by atoms with Crippen LogP contribution in [0.3, 0.4) is 0 Å². The fourth-order valence-electron chi connectivity index (χ4n) is 7.22. The number of fused-ring (bicyclic) bond motifs is 8. The van der Waals surface area contributed by atoms with Crippen molar-refractivity contribution in [1.82, 2.24) is 19.9 Å². The summed E-state index contributed by atoms with van der Waals surface area (Å²) < 4.78 is 0.